The predicted octanol–water partition coefficient (Wildman–Crippen LogP) is 3.64. The first-order chi connectivity index (χ1) is 11.9. The van der Waals surface area contributed by atoms with E-state index < -0.39 is 5.97 Å². The Morgan fingerprint density at radius 2 is 2.20 bits per heavy atom. The van der Waals surface area contributed by atoms with Crippen LogP contribution in [0.5, 0.6) is 5.75 Å². The maximum atomic E-state index is 11.1. The Morgan fingerprint density at radius 3 is 2.92 bits per heavy atom. The molecule has 1 aliphatic heterocycles. The lowest BCUT2D eigenvalue weighted by Crippen LogP contribution is -2.35. The van der Waals surface area contributed by atoms with Crippen molar-refractivity contribution in [1.29, 1.82) is 0 Å². The van der Waals surface area contributed by atoms with E-state index in [0.717, 1.165) is 21.4 Å². The highest BCUT2D eigenvalue weighted by molar-refractivity contribution is 9.10. The molecular formula is C19H21BrN2O3. The molecule has 5 nitrogen and oxygen atoms in total. The number of carboxylic acids is 1. The molecule has 1 aromatic carbocycles. The van der Waals surface area contributed by atoms with Crippen LogP contribution in [0.1, 0.15) is 19.4 Å². The lowest BCUT2D eigenvalue weighted by atomic mass is 10.00. The van der Waals surface area contributed by atoms with E-state index in [1.54, 1.807) is 12.2 Å². The second kappa shape index (κ2) is 7.45. The molecule has 2 aliphatic rings. The van der Waals surface area contributed by atoms with Gasteiger partial charge in [0, 0.05) is 16.2 Å². The third-order valence-electron chi connectivity index (χ3n) is 3.95. The van der Waals surface area contributed by atoms with Gasteiger partial charge in [0.05, 0.1) is 24.8 Å². The van der Waals surface area contributed by atoms with Crippen molar-refractivity contribution in [3.63, 3.8) is 0 Å². The topological polar surface area (TPSA) is 61.8 Å². The standard InChI is InChI=1S/C19H21BrN2O3/c1-12(2)11-25-18-6-5-16(20)7-15(18)10-22-9-14-4-3-13(19(23)24)8-17(14)21-22/h3-9,12,17,21H,10-11H2,1-2H3,(H,23,24). The van der Waals surface area contributed by atoms with Crippen LogP contribution in [0.3, 0.4) is 0 Å². The van der Waals surface area contributed by atoms with E-state index in [2.05, 4.69) is 35.2 Å². The summed E-state index contributed by atoms with van der Waals surface area (Å²) in [5.74, 6) is 0.410. The molecule has 1 aliphatic carbocycles. The number of halogens is 1. The molecule has 0 saturated heterocycles. The summed E-state index contributed by atoms with van der Waals surface area (Å²) in [5.41, 5.74) is 5.73. The van der Waals surface area contributed by atoms with Crippen molar-refractivity contribution in [2.24, 2.45) is 5.92 Å². The average Bonchev–Trinajstić information content (AvgIpc) is 2.95. The highest BCUT2D eigenvalue weighted by Gasteiger charge is 2.25. The number of aliphatic carboxylic acids is 1. The highest BCUT2D eigenvalue weighted by atomic mass is 79.9. The third-order valence-corrected chi connectivity index (χ3v) is 4.45. The van der Waals surface area contributed by atoms with Gasteiger partial charge in [-0.2, -0.15) is 0 Å². The monoisotopic (exact) mass is 404 g/mol. The number of carbonyl (C=O) groups is 1. The van der Waals surface area contributed by atoms with E-state index in [4.69, 9.17) is 9.84 Å². The van der Waals surface area contributed by atoms with Crippen molar-refractivity contribution in [2.45, 2.75) is 26.4 Å². The van der Waals surface area contributed by atoms with Crippen LogP contribution in [0.4, 0.5) is 0 Å². The Morgan fingerprint density at radius 1 is 1.40 bits per heavy atom. The summed E-state index contributed by atoms with van der Waals surface area (Å²) in [4.78, 5) is 11.1. The van der Waals surface area contributed by atoms with Crippen molar-refractivity contribution < 1.29 is 14.6 Å². The molecular weight excluding hydrogens is 384 g/mol. The fraction of sp³-hybridized carbons (Fsp3) is 0.316. The number of hydrogen-bond donors (Lipinski definition) is 2. The number of ether oxygens (including phenoxy) is 1. The Hall–Kier alpha value is -2.05. The van der Waals surface area contributed by atoms with Gasteiger partial charge in [-0.1, -0.05) is 35.9 Å². The minimum atomic E-state index is -0.910. The Kier molecular flexibility index (Phi) is 5.30. The van der Waals surface area contributed by atoms with Gasteiger partial charge < -0.3 is 14.9 Å². The normalized spacial score (nSPS) is 18.9. The summed E-state index contributed by atoms with van der Waals surface area (Å²) in [6.45, 7) is 5.53. The minimum absolute atomic E-state index is 0.108. The number of carboxylic acid groups (broad SMARTS) is 1. The molecule has 0 spiro atoms. The van der Waals surface area contributed by atoms with E-state index in [0.29, 0.717) is 24.6 Å². The molecule has 0 saturated carbocycles. The van der Waals surface area contributed by atoms with Gasteiger partial charge >= 0.3 is 5.97 Å². The number of hydrazine groups is 1. The SMILES string of the molecule is CC(C)COc1ccc(Br)cc1CN1C=C2C=CC(C(=O)O)=CC2N1. The first-order valence-electron chi connectivity index (χ1n) is 8.21. The molecule has 1 atom stereocenters. The highest BCUT2D eigenvalue weighted by Crippen LogP contribution is 2.28. The Labute approximate surface area is 155 Å². The molecule has 0 fully saturated rings. The van der Waals surface area contributed by atoms with Crippen molar-refractivity contribution in [2.75, 3.05) is 6.61 Å². The van der Waals surface area contributed by atoms with E-state index in [1.807, 2.05) is 35.5 Å². The zero-order chi connectivity index (χ0) is 18.0. The van der Waals surface area contributed by atoms with Crippen LogP contribution in [0.15, 0.2) is 58.2 Å². The largest absolute Gasteiger partial charge is 0.493 e. The molecule has 1 unspecified atom stereocenters. The molecule has 25 heavy (non-hydrogen) atoms. The predicted molar refractivity (Wildman–Crippen MR) is 99.9 cm³/mol. The second-order valence-electron chi connectivity index (χ2n) is 6.58. The lowest BCUT2D eigenvalue weighted by Gasteiger charge is -2.21. The van der Waals surface area contributed by atoms with E-state index >= 15 is 0 Å². The van der Waals surface area contributed by atoms with Crippen LogP contribution in [-0.4, -0.2) is 28.7 Å². The molecule has 132 valence electrons. The van der Waals surface area contributed by atoms with Crippen molar-refractivity contribution in [3.8, 4) is 5.75 Å². The molecule has 0 aromatic heterocycles. The van der Waals surface area contributed by atoms with Crippen LogP contribution in [0.25, 0.3) is 0 Å². The summed E-state index contributed by atoms with van der Waals surface area (Å²) in [7, 11) is 0. The van der Waals surface area contributed by atoms with Crippen molar-refractivity contribution in [3.05, 3.63) is 63.8 Å². The first kappa shape index (κ1) is 17.8. The Balaban J connectivity index is 1.74. The molecule has 1 aromatic rings. The number of nitrogens with one attached hydrogen (secondary N) is 1. The second-order valence-corrected chi connectivity index (χ2v) is 7.50. The van der Waals surface area contributed by atoms with Crippen LogP contribution >= 0.6 is 15.9 Å². The van der Waals surface area contributed by atoms with E-state index in [9.17, 15) is 4.79 Å². The number of benzene rings is 1. The van der Waals surface area contributed by atoms with Gasteiger partial charge in [-0.15, -0.1) is 0 Å². The van der Waals surface area contributed by atoms with Crippen LogP contribution in [0.2, 0.25) is 0 Å². The van der Waals surface area contributed by atoms with Gasteiger partial charge in [0.2, 0.25) is 0 Å². The molecule has 0 radical (unpaired) electrons. The van der Waals surface area contributed by atoms with Gasteiger partial charge in [-0.3, -0.25) is 0 Å². The van der Waals surface area contributed by atoms with Gasteiger partial charge in [-0.05, 0) is 41.8 Å². The maximum Gasteiger partial charge on any atom is 0.335 e. The molecule has 6 heteroatoms. The van der Waals surface area contributed by atoms with Gasteiger partial charge in [0.25, 0.3) is 0 Å². The van der Waals surface area contributed by atoms with Crippen molar-refractivity contribution >= 4 is 21.9 Å². The molecule has 0 amide bonds. The van der Waals surface area contributed by atoms with Gasteiger partial charge in [0.1, 0.15) is 5.75 Å². The van der Waals surface area contributed by atoms with E-state index in [1.165, 1.54) is 0 Å². The van der Waals surface area contributed by atoms with Crippen molar-refractivity contribution in [1.82, 2.24) is 10.4 Å². The summed E-state index contributed by atoms with van der Waals surface area (Å²) in [5, 5.41) is 11.1. The average molecular weight is 405 g/mol. The van der Waals surface area contributed by atoms with Crippen LogP contribution < -0.4 is 10.2 Å². The molecule has 3 rings (SSSR count). The zero-order valence-corrected chi connectivity index (χ0v) is 15.8. The summed E-state index contributed by atoms with van der Waals surface area (Å²) in [6, 6.07) is 5.88. The summed E-state index contributed by atoms with van der Waals surface area (Å²) < 4.78 is 6.93. The zero-order valence-electron chi connectivity index (χ0n) is 14.2. The number of hydrogen-bond acceptors (Lipinski definition) is 4. The quantitative estimate of drug-likeness (QED) is 0.757. The van der Waals surface area contributed by atoms with Gasteiger partial charge in [-0.25, -0.2) is 10.2 Å². The lowest BCUT2D eigenvalue weighted by molar-refractivity contribution is -0.132. The van der Waals surface area contributed by atoms with Crippen LogP contribution in [-0.2, 0) is 11.3 Å². The number of fused-ring (bicyclic) bond motifs is 1. The summed E-state index contributed by atoms with van der Waals surface area (Å²) in [6.07, 6.45) is 7.21. The molecule has 1 heterocycles. The maximum absolute atomic E-state index is 11.1. The van der Waals surface area contributed by atoms with Crippen LogP contribution in [0, 0.1) is 5.92 Å². The number of nitrogens with zero attached hydrogens (tertiary/aromatic N) is 1. The number of rotatable bonds is 6. The fourth-order valence-corrected chi connectivity index (χ4v) is 3.15. The Bertz CT molecular complexity index is 768. The molecule has 0 bridgehead atoms. The third kappa shape index (κ3) is 4.32. The summed E-state index contributed by atoms with van der Waals surface area (Å²) >= 11 is 3.51. The van der Waals surface area contributed by atoms with Gasteiger partial charge in [0.15, 0.2) is 0 Å². The first-order valence-corrected chi connectivity index (χ1v) is 9.00. The molecule has 2 N–H and O–H groups in total. The fourth-order valence-electron chi connectivity index (χ4n) is 2.74. The minimum Gasteiger partial charge on any atom is -0.493 e. The smallest absolute Gasteiger partial charge is 0.335 e. The van der Waals surface area contributed by atoms with E-state index in [-0.39, 0.29) is 6.04 Å².